The van der Waals surface area contributed by atoms with E-state index in [2.05, 4.69) is 4.74 Å². The number of aldehydes is 1. The Morgan fingerprint density at radius 2 is 2.06 bits per heavy atom. The summed E-state index contributed by atoms with van der Waals surface area (Å²) >= 11 is 0. The number of hydrogen-bond acceptors (Lipinski definition) is 3. The van der Waals surface area contributed by atoms with E-state index in [9.17, 15) is 27.2 Å². The van der Waals surface area contributed by atoms with Gasteiger partial charge in [0.05, 0.1) is 11.3 Å². The Morgan fingerprint density at radius 3 is 2.50 bits per heavy atom. The molecule has 0 bridgehead atoms. The summed E-state index contributed by atoms with van der Waals surface area (Å²) in [5.41, 5.74) is -2.15. The van der Waals surface area contributed by atoms with Crippen molar-refractivity contribution in [3.63, 3.8) is 0 Å². The Hall–Kier alpha value is -1.86. The summed E-state index contributed by atoms with van der Waals surface area (Å²) in [6, 6.07) is 0.426. The molecule has 8 heteroatoms. The number of alkyl halides is 4. The van der Waals surface area contributed by atoms with Crippen LogP contribution in [0.25, 0.3) is 0 Å². The zero-order chi connectivity index (χ0) is 12.3. The fourth-order valence-corrected chi connectivity index (χ4v) is 1.00. The lowest BCUT2D eigenvalue weighted by Gasteiger charge is -2.09. The molecule has 0 fully saturated rings. The van der Waals surface area contributed by atoms with Crippen LogP contribution in [0.4, 0.5) is 17.6 Å². The number of carbonyl (C=O) groups excluding carboxylic acids is 1. The van der Waals surface area contributed by atoms with E-state index in [0.717, 1.165) is 0 Å². The molecule has 0 unspecified atom stereocenters. The number of carbonyl (C=O) groups is 1. The van der Waals surface area contributed by atoms with E-state index >= 15 is 0 Å². The monoisotopic (exact) mass is 239 g/mol. The van der Waals surface area contributed by atoms with Gasteiger partial charge in [-0.15, -0.1) is 13.2 Å². The third-order valence-electron chi connectivity index (χ3n) is 1.62. The topological polar surface area (TPSA) is 59.2 Å². The molecule has 4 nitrogen and oxygen atoms in total. The van der Waals surface area contributed by atoms with Gasteiger partial charge in [-0.3, -0.25) is 9.59 Å². The van der Waals surface area contributed by atoms with Gasteiger partial charge in [-0.25, -0.2) is 4.39 Å². The molecule has 1 aromatic heterocycles. The predicted octanol–water partition coefficient (Wildman–Crippen LogP) is 1.56. The number of H-pyrrole nitrogens is 1. The van der Waals surface area contributed by atoms with Gasteiger partial charge in [-0.05, 0) is 0 Å². The highest BCUT2D eigenvalue weighted by Gasteiger charge is 2.32. The summed E-state index contributed by atoms with van der Waals surface area (Å²) in [4.78, 5) is 23.3. The first-order valence-corrected chi connectivity index (χ1v) is 3.90. The van der Waals surface area contributed by atoms with E-state index in [1.54, 1.807) is 0 Å². The predicted molar refractivity (Wildman–Crippen MR) is 43.9 cm³/mol. The molecule has 0 aliphatic rings. The minimum atomic E-state index is -5.00. The van der Waals surface area contributed by atoms with Crippen molar-refractivity contribution in [2.45, 2.75) is 13.0 Å². The highest BCUT2D eigenvalue weighted by atomic mass is 19.4. The van der Waals surface area contributed by atoms with Gasteiger partial charge in [0.15, 0.2) is 11.7 Å². The minimum Gasteiger partial charge on any atom is -0.390 e. The first-order valence-electron chi connectivity index (χ1n) is 3.90. The van der Waals surface area contributed by atoms with Crippen molar-refractivity contribution in [1.29, 1.82) is 0 Å². The zero-order valence-electron chi connectivity index (χ0n) is 7.60. The number of aromatic amines is 1. The van der Waals surface area contributed by atoms with Gasteiger partial charge in [-0.2, -0.15) is 0 Å². The lowest BCUT2D eigenvalue weighted by Crippen LogP contribution is -2.21. The van der Waals surface area contributed by atoms with Crippen molar-refractivity contribution in [1.82, 2.24) is 4.98 Å². The molecule has 0 aliphatic carbocycles. The molecule has 16 heavy (non-hydrogen) atoms. The van der Waals surface area contributed by atoms with Crippen LogP contribution in [-0.4, -0.2) is 17.6 Å². The van der Waals surface area contributed by atoms with Crippen molar-refractivity contribution in [3.05, 3.63) is 27.5 Å². The first kappa shape index (κ1) is 12.2. The molecule has 1 N–H and O–H groups in total. The van der Waals surface area contributed by atoms with E-state index < -0.39 is 35.6 Å². The largest absolute Gasteiger partial charge is 0.574 e. The summed E-state index contributed by atoms with van der Waals surface area (Å²) in [5.74, 6) is -0.961. The van der Waals surface area contributed by atoms with Crippen molar-refractivity contribution >= 4 is 6.29 Å². The van der Waals surface area contributed by atoms with Gasteiger partial charge in [0, 0.05) is 6.07 Å². The Kier molecular flexibility index (Phi) is 3.31. The highest BCUT2D eigenvalue weighted by molar-refractivity contribution is 5.74. The van der Waals surface area contributed by atoms with E-state index in [0.29, 0.717) is 6.07 Å². The maximum Gasteiger partial charge on any atom is 0.574 e. The Labute approximate surface area is 85.8 Å². The molecular formula is C8H5F4NO3. The van der Waals surface area contributed by atoms with Crippen molar-refractivity contribution < 1.29 is 27.1 Å². The summed E-state index contributed by atoms with van der Waals surface area (Å²) in [5, 5.41) is 0. The number of halogens is 4. The van der Waals surface area contributed by atoms with Crippen LogP contribution in [0.2, 0.25) is 0 Å². The Bertz CT molecular complexity index is 452. The van der Waals surface area contributed by atoms with Gasteiger partial charge >= 0.3 is 6.36 Å². The van der Waals surface area contributed by atoms with Gasteiger partial charge in [0.2, 0.25) is 5.88 Å². The number of rotatable bonds is 3. The van der Waals surface area contributed by atoms with Crippen LogP contribution in [0.5, 0.6) is 5.88 Å². The molecule has 88 valence electrons. The van der Waals surface area contributed by atoms with Crippen molar-refractivity contribution in [2.75, 3.05) is 0 Å². The van der Waals surface area contributed by atoms with E-state index in [1.807, 2.05) is 4.98 Å². The number of pyridine rings is 1. The van der Waals surface area contributed by atoms with Crippen LogP contribution in [0.15, 0.2) is 10.9 Å². The van der Waals surface area contributed by atoms with Crippen LogP contribution in [0.3, 0.4) is 0 Å². The van der Waals surface area contributed by atoms with Gasteiger partial charge in [0.25, 0.3) is 0 Å². The summed E-state index contributed by atoms with van der Waals surface area (Å²) in [6.45, 7) is -1.25. The maximum atomic E-state index is 12.3. The van der Waals surface area contributed by atoms with Gasteiger partial charge < -0.3 is 9.72 Å². The molecule has 0 amide bonds. The lowest BCUT2D eigenvalue weighted by molar-refractivity contribution is -0.276. The molecule has 1 heterocycles. The molecule has 0 atom stereocenters. The van der Waals surface area contributed by atoms with Crippen molar-refractivity contribution in [3.8, 4) is 5.88 Å². The van der Waals surface area contributed by atoms with E-state index in [4.69, 9.17) is 0 Å². The summed E-state index contributed by atoms with van der Waals surface area (Å²) < 4.78 is 51.0. The number of hydrogen-bond donors (Lipinski definition) is 1. The number of aromatic nitrogens is 1. The Morgan fingerprint density at radius 1 is 1.44 bits per heavy atom. The van der Waals surface area contributed by atoms with Gasteiger partial charge in [0.1, 0.15) is 6.67 Å². The minimum absolute atomic E-state index is 0.0412. The third kappa shape index (κ3) is 2.81. The van der Waals surface area contributed by atoms with E-state index in [1.165, 1.54) is 0 Å². The molecule has 0 saturated heterocycles. The molecule has 0 spiro atoms. The second-order valence-corrected chi connectivity index (χ2v) is 2.69. The van der Waals surface area contributed by atoms with E-state index in [-0.39, 0.29) is 6.29 Å². The maximum absolute atomic E-state index is 12.3. The summed E-state index contributed by atoms with van der Waals surface area (Å²) in [7, 11) is 0. The first-order chi connectivity index (χ1) is 7.37. The fraction of sp³-hybridized carbons (Fsp3) is 0.250. The average molecular weight is 239 g/mol. The molecule has 1 rings (SSSR count). The van der Waals surface area contributed by atoms with Crippen molar-refractivity contribution in [2.24, 2.45) is 0 Å². The lowest BCUT2D eigenvalue weighted by atomic mass is 10.2. The number of nitrogens with one attached hydrogen (secondary N) is 1. The quantitative estimate of drug-likeness (QED) is 0.643. The van der Waals surface area contributed by atoms with Crippen LogP contribution in [-0.2, 0) is 6.67 Å². The Balaban J connectivity index is 3.21. The van der Waals surface area contributed by atoms with Gasteiger partial charge in [-0.1, -0.05) is 0 Å². The summed E-state index contributed by atoms with van der Waals surface area (Å²) in [6.07, 6.45) is -4.96. The second kappa shape index (κ2) is 4.33. The fourth-order valence-electron chi connectivity index (χ4n) is 1.00. The number of ether oxygens (including phenoxy) is 1. The third-order valence-corrected chi connectivity index (χ3v) is 1.62. The van der Waals surface area contributed by atoms with Crippen LogP contribution in [0.1, 0.15) is 16.1 Å². The average Bonchev–Trinajstić information content (AvgIpc) is 2.14. The van der Waals surface area contributed by atoms with Crippen LogP contribution < -0.4 is 10.2 Å². The molecule has 0 saturated carbocycles. The van der Waals surface area contributed by atoms with Crippen LogP contribution >= 0.6 is 0 Å². The molecule has 0 radical (unpaired) electrons. The normalized spacial score (nSPS) is 11.2. The standard InChI is InChI=1S/C8H5F4NO3/c9-2-4-5(3-14)13-7(1-6(4)15)16-8(10,11)12/h1,3H,2H2,(H,13,15). The van der Waals surface area contributed by atoms with Crippen LogP contribution in [0, 0.1) is 0 Å². The SMILES string of the molecule is O=Cc1[nH]c(OC(F)(F)F)cc(=O)c1CF. The molecule has 1 aromatic rings. The second-order valence-electron chi connectivity index (χ2n) is 2.69. The molecular weight excluding hydrogens is 234 g/mol. The highest BCUT2D eigenvalue weighted by Crippen LogP contribution is 2.20. The zero-order valence-corrected chi connectivity index (χ0v) is 7.60. The molecule has 0 aromatic carbocycles. The molecule has 0 aliphatic heterocycles. The smallest absolute Gasteiger partial charge is 0.390 e.